The van der Waals surface area contributed by atoms with Crippen LogP contribution in [-0.4, -0.2) is 30.6 Å². The summed E-state index contributed by atoms with van der Waals surface area (Å²) in [4.78, 5) is 0. The number of hydrogen-bond donors (Lipinski definition) is 1. The Morgan fingerprint density at radius 2 is 1.86 bits per heavy atom. The highest BCUT2D eigenvalue weighted by atomic mass is 19.4. The number of methoxy groups -OCH3 is 1. The van der Waals surface area contributed by atoms with Gasteiger partial charge in [-0.1, -0.05) is 13.3 Å². The third-order valence-electron chi connectivity index (χ3n) is 2.03. The van der Waals surface area contributed by atoms with Gasteiger partial charge in [0.05, 0.1) is 12.2 Å². The van der Waals surface area contributed by atoms with E-state index in [4.69, 9.17) is 4.74 Å². The lowest BCUT2D eigenvalue weighted by molar-refractivity contribution is -0.144. The Labute approximate surface area is 82.1 Å². The predicted molar refractivity (Wildman–Crippen MR) is 47.0 cm³/mol. The van der Waals surface area contributed by atoms with E-state index in [0.29, 0.717) is 6.42 Å². The molecule has 2 atom stereocenters. The van der Waals surface area contributed by atoms with E-state index in [0.717, 1.165) is 6.42 Å². The van der Waals surface area contributed by atoms with E-state index in [1.807, 2.05) is 6.92 Å². The first kappa shape index (κ1) is 13.7. The molecule has 0 aromatic carbocycles. The summed E-state index contributed by atoms with van der Waals surface area (Å²) in [6.45, 7) is 1.89. The maximum absolute atomic E-state index is 11.8. The van der Waals surface area contributed by atoms with E-state index < -0.39 is 24.8 Å². The van der Waals surface area contributed by atoms with Crippen molar-refractivity contribution < 1.29 is 23.0 Å². The van der Waals surface area contributed by atoms with Gasteiger partial charge in [0.1, 0.15) is 0 Å². The molecule has 0 aliphatic heterocycles. The minimum atomic E-state index is -4.20. The molecule has 5 heteroatoms. The smallest absolute Gasteiger partial charge is 0.389 e. The molecular weight excluding hydrogens is 197 g/mol. The number of alkyl halides is 3. The van der Waals surface area contributed by atoms with Crippen molar-refractivity contribution in [2.24, 2.45) is 0 Å². The van der Waals surface area contributed by atoms with Crippen LogP contribution in [0.5, 0.6) is 0 Å². The molecule has 14 heavy (non-hydrogen) atoms. The van der Waals surface area contributed by atoms with Crippen molar-refractivity contribution in [1.29, 1.82) is 0 Å². The molecule has 0 spiro atoms. The van der Waals surface area contributed by atoms with Gasteiger partial charge in [-0.3, -0.25) is 0 Å². The summed E-state index contributed by atoms with van der Waals surface area (Å²) in [5, 5.41) is 9.38. The van der Waals surface area contributed by atoms with E-state index >= 15 is 0 Å². The Morgan fingerprint density at radius 3 is 2.21 bits per heavy atom. The van der Waals surface area contributed by atoms with Crippen LogP contribution in [0.4, 0.5) is 13.2 Å². The molecule has 0 amide bonds. The van der Waals surface area contributed by atoms with E-state index in [2.05, 4.69) is 0 Å². The summed E-state index contributed by atoms with van der Waals surface area (Å²) in [6.07, 6.45) is -5.61. The Morgan fingerprint density at radius 1 is 1.29 bits per heavy atom. The van der Waals surface area contributed by atoms with Crippen molar-refractivity contribution in [3.63, 3.8) is 0 Å². The lowest BCUT2D eigenvalue weighted by atomic mass is 10.0. The molecule has 2 nitrogen and oxygen atoms in total. The zero-order chi connectivity index (χ0) is 11.2. The van der Waals surface area contributed by atoms with Crippen LogP contribution in [0.3, 0.4) is 0 Å². The highest BCUT2D eigenvalue weighted by Gasteiger charge is 2.29. The molecule has 0 bridgehead atoms. The summed E-state index contributed by atoms with van der Waals surface area (Å²) >= 11 is 0. The fourth-order valence-corrected chi connectivity index (χ4v) is 1.25. The van der Waals surface area contributed by atoms with Gasteiger partial charge >= 0.3 is 6.18 Å². The lowest BCUT2D eigenvalue weighted by Gasteiger charge is -2.21. The summed E-state index contributed by atoms with van der Waals surface area (Å²) in [6, 6.07) is 0. The number of halogens is 3. The number of hydrogen-bond acceptors (Lipinski definition) is 2. The molecule has 0 radical (unpaired) electrons. The molecule has 0 fully saturated rings. The number of ether oxygens (including phenoxy) is 1. The molecule has 0 heterocycles. The SMILES string of the molecule is CCCC(OC)C(O)CCC(F)(F)F. The minimum Gasteiger partial charge on any atom is -0.390 e. The monoisotopic (exact) mass is 214 g/mol. The van der Waals surface area contributed by atoms with E-state index in [-0.39, 0.29) is 6.42 Å². The van der Waals surface area contributed by atoms with Crippen LogP contribution in [0.2, 0.25) is 0 Å². The average Bonchev–Trinajstić information content (AvgIpc) is 2.09. The normalized spacial score (nSPS) is 16.7. The van der Waals surface area contributed by atoms with Crippen LogP contribution < -0.4 is 0 Å². The van der Waals surface area contributed by atoms with Crippen molar-refractivity contribution in [3.05, 3.63) is 0 Å². The first-order valence-electron chi connectivity index (χ1n) is 4.68. The third-order valence-corrected chi connectivity index (χ3v) is 2.03. The second kappa shape index (κ2) is 6.24. The highest BCUT2D eigenvalue weighted by molar-refractivity contribution is 4.69. The first-order valence-corrected chi connectivity index (χ1v) is 4.68. The molecule has 1 N–H and O–H groups in total. The third kappa shape index (κ3) is 6.21. The average molecular weight is 214 g/mol. The van der Waals surface area contributed by atoms with Crippen LogP contribution in [0.25, 0.3) is 0 Å². The van der Waals surface area contributed by atoms with Crippen molar-refractivity contribution in [3.8, 4) is 0 Å². The lowest BCUT2D eigenvalue weighted by Crippen LogP contribution is -2.29. The molecule has 0 aromatic rings. The van der Waals surface area contributed by atoms with Gasteiger partial charge in [0.15, 0.2) is 0 Å². The fraction of sp³-hybridized carbons (Fsp3) is 1.00. The molecule has 0 rings (SSSR count). The zero-order valence-electron chi connectivity index (χ0n) is 8.47. The van der Waals surface area contributed by atoms with Crippen LogP contribution in [-0.2, 0) is 4.74 Å². The quantitative estimate of drug-likeness (QED) is 0.736. The minimum absolute atomic E-state index is 0.290. The van der Waals surface area contributed by atoms with Crippen LogP contribution >= 0.6 is 0 Å². The maximum atomic E-state index is 11.8. The highest BCUT2D eigenvalue weighted by Crippen LogP contribution is 2.24. The molecule has 2 unspecified atom stereocenters. The summed E-state index contributed by atoms with van der Waals surface area (Å²) in [7, 11) is 1.40. The number of aliphatic hydroxyl groups excluding tert-OH is 1. The summed E-state index contributed by atoms with van der Waals surface area (Å²) in [5.74, 6) is 0. The van der Waals surface area contributed by atoms with Crippen molar-refractivity contribution >= 4 is 0 Å². The van der Waals surface area contributed by atoms with Gasteiger partial charge in [0.2, 0.25) is 0 Å². The molecule has 0 aliphatic rings. The second-order valence-electron chi connectivity index (χ2n) is 3.28. The van der Waals surface area contributed by atoms with Gasteiger partial charge in [-0.05, 0) is 12.8 Å². The fourth-order valence-electron chi connectivity index (χ4n) is 1.25. The molecule has 0 aliphatic carbocycles. The molecule has 0 saturated heterocycles. The Bertz CT molecular complexity index is 147. The molecule has 0 saturated carbocycles. The standard InChI is InChI=1S/C9H17F3O2/c1-3-4-8(14-2)7(13)5-6-9(10,11)12/h7-8,13H,3-6H2,1-2H3. The van der Waals surface area contributed by atoms with Gasteiger partial charge in [-0.2, -0.15) is 13.2 Å². The van der Waals surface area contributed by atoms with Crippen LogP contribution in [0.1, 0.15) is 32.6 Å². The van der Waals surface area contributed by atoms with E-state index in [9.17, 15) is 18.3 Å². The molecular formula is C9H17F3O2. The van der Waals surface area contributed by atoms with Crippen molar-refractivity contribution in [2.45, 2.75) is 51.0 Å². The topological polar surface area (TPSA) is 29.5 Å². The summed E-state index contributed by atoms with van der Waals surface area (Å²) in [5.41, 5.74) is 0. The molecule has 86 valence electrons. The van der Waals surface area contributed by atoms with E-state index in [1.165, 1.54) is 7.11 Å². The zero-order valence-corrected chi connectivity index (χ0v) is 8.47. The Balaban J connectivity index is 3.85. The largest absolute Gasteiger partial charge is 0.390 e. The van der Waals surface area contributed by atoms with Gasteiger partial charge in [0.25, 0.3) is 0 Å². The Kier molecular flexibility index (Phi) is 6.11. The number of rotatable bonds is 6. The van der Waals surface area contributed by atoms with Crippen molar-refractivity contribution in [2.75, 3.05) is 7.11 Å². The predicted octanol–water partition coefficient (Wildman–Crippen LogP) is 2.50. The number of aliphatic hydroxyl groups is 1. The van der Waals surface area contributed by atoms with E-state index in [1.54, 1.807) is 0 Å². The van der Waals surface area contributed by atoms with Gasteiger partial charge in [0, 0.05) is 13.5 Å². The Hall–Kier alpha value is -0.290. The van der Waals surface area contributed by atoms with Gasteiger partial charge < -0.3 is 9.84 Å². The van der Waals surface area contributed by atoms with Crippen LogP contribution in [0, 0.1) is 0 Å². The van der Waals surface area contributed by atoms with Crippen LogP contribution in [0.15, 0.2) is 0 Å². The first-order chi connectivity index (χ1) is 6.40. The summed E-state index contributed by atoms with van der Waals surface area (Å²) < 4.78 is 40.4. The van der Waals surface area contributed by atoms with Gasteiger partial charge in [-0.15, -0.1) is 0 Å². The molecule has 0 aromatic heterocycles. The van der Waals surface area contributed by atoms with Gasteiger partial charge in [-0.25, -0.2) is 0 Å². The second-order valence-corrected chi connectivity index (χ2v) is 3.28. The maximum Gasteiger partial charge on any atom is 0.389 e. The van der Waals surface area contributed by atoms with Crippen molar-refractivity contribution in [1.82, 2.24) is 0 Å².